The van der Waals surface area contributed by atoms with Gasteiger partial charge in [0.2, 0.25) is 5.88 Å². The number of alkyl halides is 3. The lowest BCUT2D eigenvalue weighted by Gasteiger charge is -2.40. The molecule has 0 N–H and O–H groups in total. The molecule has 0 aliphatic heterocycles. The Hall–Kier alpha value is -3.17. The molecule has 44 heavy (non-hydrogen) atoms. The summed E-state index contributed by atoms with van der Waals surface area (Å²) in [6, 6.07) is 17.8. The van der Waals surface area contributed by atoms with E-state index >= 15 is 0 Å². The van der Waals surface area contributed by atoms with Gasteiger partial charge in [0, 0.05) is 6.07 Å². The number of hydrogen-bond acceptors (Lipinski definition) is 4. The highest BCUT2D eigenvalue weighted by atomic mass is 28.4. The van der Waals surface area contributed by atoms with Crippen molar-refractivity contribution >= 4 is 14.2 Å². The van der Waals surface area contributed by atoms with Crippen LogP contribution in [0.2, 0.25) is 18.1 Å². The molecular formula is C35H45F3N2O3Si. The van der Waals surface area contributed by atoms with Crippen molar-refractivity contribution in [2.24, 2.45) is 0 Å². The molecule has 3 unspecified atom stereocenters. The fraction of sp³-hybridized carbons (Fsp3) is 0.486. The molecule has 1 aromatic heterocycles. The zero-order valence-electron chi connectivity index (χ0n) is 26.9. The first-order chi connectivity index (χ1) is 20.6. The molecule has 5 nitrogen and oxygen atoms in total. The zero-order valence-corrected chi connectivity index (χ0v) is 27.9. The van der Waals surface area contributed by atoms with Gasteiger partial charge in [0.25, 0.3) is 5.91 Å². The topological polar surface area (TPSA) is 51.7 Å². The number of carbonyl (C=O) groups is 1. The molecule has 2 aromatic carbocycles. The minimum absolute atomic E-state index is 0.0403. The fourth-order valence-electron chi connectivity index (χ4n) is 5.57. The lowest BCUT2D eigenvalue weighted by Crippen LogP contribution is -2.48. The lowest BCUT2D eigenvalue weighted by molar-refractivity contribution is -0.137. The predicted molar refractivity (Wildman–Crippen MR) is 170 cm³/mol. The molecular weight excluding hydrogens is 581 g/mol. The van der Waals surface area contributed by atoms with Gasteiger partial charge < -0.3 is 14.1 Å². The van der Waals surface area contributed by atoms with Crippen molar-refractivity contribution in [1.29, 1.82) is 0 Å². The Morgan fingerprint density at radius 2 is 1.73 bits per heavy atom. The Morgan fingerprint density at radius 3 is 2.36 bits per heavy atom. The van der Waals surface area contributed by atoms with Crippen LogP contribution in [0.3, 0.4) is 0 Å². The van der Waals surface area contributed by atoms with E-state index in [2.05, 4.69) is 45.8 Å². The van der Waals surface area contributed by atoms with Gasteiger partial charge in [-0.3, -0.25) is 4.79 Å². The van der Waals surface area contributed by atoms with E-state index in [1.165, 1.54) is 6.07 Å². The SMILES string of the molecule is CCCC1CC(N(C(=O)c2cccc(OCc3ccccc3)n2)C(C)CO[Si](C)(C)C(C)(C)C)c2cc(C(F)(F)F)ccc21. The van der Waals surface area contributed by atoms with Crippen LogP contribution < -0.4 is 4.74 Å². The number of hydrogen-bond donors (Lipinski definition) is 0. The van der Waals surface area contributed by atoms with E-state index in [-0.39, 0.29) is 29.2 Å². The maximum atomic E-state index is 14.4. The normalized spacial score (nSPS) is 17.7. The Bertz CT molecular complexity index is 1420. The summed E-state index contributed by atoms with van der Waals surface area (Å²) in [5.74, 6) is 0.00599. The number of nitrogens with zero attached hydrogens (tertiary/aromatic N) is 2. The molecule has 4 rings (SSSR count). The number of benzene rings is 2. The summed E-state index contributed by atoms with van der Waals surface area (Å²) in [5, 5.41) is -0.0403. The second kappa shape index (κ2) is 13.4. The third-order valence-corrected chi connectivity index (χ3v) is 13.6. The van der Waals surface area contributed by atoms with Crippen LogP contribution in [-0.2, 0) is 17.2 Å². The molecule has 3 aromatic rings. The molecule has 1 aliphatic rings. The maximum Gasteiger partial charge on any atom is 0.416 e. The van der Waals surface area contributed by atoms with Gasteiger partial charge >= 0.3 is 6.18 Å². The first-order valence-corrected chi connectivity index (χ1v) is 18.3. The van der Waals surface area contributed by atoms with Gasteiger partial charge in [-0.05, 0) is 78.7 Å². The van der Waals surface area contributed by atoms with Crippen LogP contribution in [0.5, 0.6) is 5.88 Å². The Kier molecular flexibility index (Phi) is 10.3. The van der Waals surface area contributed by atoms with Gasteiger partial charge in [0.15, 0.2) is 8.32 Å². The van der Waals surface area contributed by atoms with Crippen molar-refractivity contribution in [3.63, 3.8) is 0 Å². The molecule has 1 aliphatic carbocycles. The van der Waals surface area contributed by atoms with Gasteiger partial charge in [0.05, 0.1) is 24.3 Å². The van der Waals surface area contributed by atoms with E-state index in [0.717, 1.165) is 30.0 Å². The van der Waals surface area contributed by atoms with E-state index in [9.17, 15) is 18.0 Å². The molecule has 0 saturated carbocycles. The highest BCUT2D eigenvalue weighted by Crippen LogP contribution is 2.48. The largest absolute Gasteiger partial charge is 0.473 e. The maximum absolute atomic E-state index is 14.4. The molecule has 9 heteroatoms. The first-order valence-electron chi connectivity index (χ1n) is 15.4. The van der Waals surface area contributed by atoms with Crippen molar-refractivity contribution in [2.45, 2.75) is 103 Å². The lowest BCUT2D eigenvalue weighted by atomic mass is 9.96. The average molecular weight is 627 g/mol. The Morgan fingerprint density at radius 1 is 1.02 bits per heavy atom. The molecule has 3 atom stereocenters. The van der Waals surface area contributed by atoms with Crippen molar-refractivity contribution < 1.29 is 27.1 Å². The summed E-state index contributed by atoms with van der Waals surface area (Å²) in [4.78, 5) is 20.7. The number of carbonyl (C=O) groups excluding carboxylic acids is 1. The Labute approximate surface area is 260 Å². The average Bonchev–Trinajstić information content (AvgIpc) is 3.32. The van der Waals surface area contributed by atoms with Crippen molar-refractivity contribution in [2.75, 3.05) is 6.61 Å². The van der Waals surface area contributed by atoms with Crippen molar-refractivity contribution in [3.05, 3.63) is 94.7 Å². The fourth-order valence-corrected chi connectivity index (χ4v) is 6.66. The number of pyridine rings is 1. The summed E-state index contributed by atoms with van der Waals surface area (Å²) >= 11 is 0. The van der Waals surface area contributed by atoms with Crippen LogP contribution in [0.4, 0.5) is 13.2 Å². The monoisotopic (exact) mass is 626 g/mol. The second-order valence-electron chi connectivity index (χ2n) is 13.3. The van der Waals surface area contributed by atoms with Crippen LogP contribution >= 0.6 is 0 Å². The van der Waals surface area contributed by atoms with Gasteiger partial charge in [-0.2, -0.15) is 13.2 Å². The highest BCUT2D eigenvalue weighted by Gasteiger charge is 2.43. The standard InChI is InChI=1S/C35H45F3N2O3Si/c1-8-13-26-20-31(29-21-27(35(36,37)38)18-19-28(26)29)40(24(2)22-43-44(6,7)34(3,4)5)33(41)30-16-12-17-32(39-30)42-23-25-14-10-9-11-15-25/h9-12,14-19,21,24,26,31H,8,13,20,22-23H2,1-7H3. The van der Waals surface area contributed by atoms with E-state index in [4.69, 9.17) is 9.16 Å². The first kappa shape index (κ1) is 33.7. The Balaban J connectivity index is 1.71. The molecule has 238 valence electrons. The van der Waals surface area contributed by atoms with Gasteiger partial charge in [-0.25, -0.2) is 4.98 Å². The molecule has 0 spiro atoms. The van der Waals surface area contributed by atoms with Crippen LogP contribution in [0, 0.1) is 0 Å². The van der Waals surface area contributed by atoms with E-state index < -0.39 is 32.1 Å². The molecule has 0 saturated heterocycles. The minimum Gasteiger partial charge on any atom is -0.473 e. The molecule has 0 fully saturated rings. The smallest absolute Gasteiger partial charge is 0.416 e. The third kappa shape index (κ3) is 7.72. The van der Waals surface area contributed by atoms with Crippen LogP contribution in [0.25, 0.3) is 0 Å². The summed E-state index contributed by atoms with van der Waals surface area (Å²) in [7, 11) is -2.17. The number of rotatable bonds is 11. The second-order valence-corrected chi connectivity index (χ2v) is 18.2. The highest BCUT2D eigenvalue weighted by molar-refractivity contribution is 6.74. The van der Waals surface area contributed by atoms with E-state index in [1.54, 1.807) is 29.2 Å². The van der Waals surface area contributed by atoms with Crippen molar-refractivity contribution in [1.82, 2.24) is 9.88 Å². The van der Waals surface area contributed by atoms with Crippen LogP contribution in [-0.4, -0.2) is 36.8 Å². The van der Waals surface area contributed by atoms with Gasteiger partial charge in [-0.15, -0.1) is 0 Å². The van der Waals surface area contributed by atoms with E-state index in [0.29, 0.717) is 24.5 Å². The summed E-state index contributed by atoms with van der Waals surface area (Å²) in [6.45, 7) is 15.3. The van der Waals surface area contributed by atoms with Gasteiger partial charge in [0.1, 0.15) is 12.3 Å². The zero-order chi connectivity index (χ0) is 32.3. The number of fused-ring (bicyclic) bond motifs is 1. The molecule has 1 amide bonds. The van der Waals surface area contributed by atoms with Crippen molar-refractivity contribution in [3.8, 4) is 5.88 Å². The molecule has 0 radical (unpaired) electrons. The number of halogens is 3. The number of aromatic nitrogens is 1. The molecule has 0 bridgehead atoms. The summed E-state index contributed by atoms with van der Waals surface area (Å²) in [6.07, 6.45) is -2.23. The quantitative estimate of drug-likeness (QED) is 0.199. The predicted octanol–water partition coefficient (Wildman–Crippen LogP) is 9.56. The summed E-state index contributed by atoms with van der Waals surface area (Å²) in [5.41, 5.74) is 1.89. The molecule has 1 heterocycles. The van der Waals surface area contributed by atoms with Crippen LogP contribution in [0.15, 0.2) is 66.7 Å². The third-order valence-electron chi connectivity index (χ3n) is 9.07. The van der Waals surface area contributed by atoms with Crippen LogP contribution in [0.1, 0.15) is 98.6 Å². The minimum atomic E-state index is -4.49. The number of ether oxygens (including phenoxy) is 1. The van der Waals surface area contributed by atoms with E-state index in [1.807, 2.05) is 37.3 Å². The van der Waals surface area contributed by atoms with Gasteiger partial charge in [-0.1, -0.05) is 76.6 Å². The number of amides is 1. The summed E-state index contributed by atoms with van der Waals surface area (Å²) < 4.78 is 54.2.